The molecule has 1 atom stereocenters. The van der Waals surface area contributed by atoms with Gasteiger partial charge in [-0.2, -0.15) is 0 Å². The average Bonchev–Trinajstić information content (AvgIpc) is 2.98. The van der Waals surface area contributed by atoms with E-state index < -0.39 is 0 Å². The maximum absolute atomic E-state index is 6.25. The molecule has 116 valence electrons. The zero-order valence-electron chi connectivity index (χ0n) is 12.2. The maximum Gasteiger partial charge on any atom is 0.138 e. The lowest BCUT2D eigenvalue weighted by molar-refractivity contribution is 0.225. The summed E-state index contributed by atoms with van der Waals surface area (Å²) in [5, 5.41) is 4.32. The molecule has 2 aromatic rings. The summed E-state index contributed by atoms with van der Waals surface area (Å²) < 4.78 is 6.03. The summed E-state index contributed by atoms with van der Waals surface area (Å²) in [6, 6.07) is 9.50. The van der Waals surface area contributed by atoms with Gasteiger partial charge in [0.2, 0.25) is 0 Å². The lowest BCUT2D eigenvalue weighted by Crippen LogP contribution is -2.25. The van der Waals surface area contributed by atoms with Crippen LogP contribution in [-0.4, -0.2) is 31.2 Å². The first-order valence-corrected chi connectivity index (χ1v) is 7.92. The second-order valence-corrected chi connectivity index (χ2v) is 6.05. The first kappa shape index (κ1) is 15.3. The highest BCUT2D eigenvalue weighted by Gasteiger charge is 2.25. The van der Waals surface area contributed by atoms with E-state index in [9.17, 15) is 0 Å². The molecule has 1 aromatic carbocycles. The van der Waals surface area contributed by atoms with Crippen LogP contribution in [-0.2, 0) is 0 Å². The van der Waals surface area contributed by atoms with Crippen molar-refractivity contribution in [3.63, 3.8) is 0 Å². The van der Waals surface area contributed by atoms with Gasteiger partial charge < -0.3 is 15.0 Å². The molecular weight excluding hydrogens is 321 g/mol. The third-order valence-electron chi connectivity index (χ3n) is 3.69. The number of benzene rings is 1. The van der Waals surface area contributed by atoms with Crippen molar-refractivity contribution in [2.75, 3.05) is 30.4 Å². The molecule has 1 aliphatic heterocycles. The van der Waals surface area contributed by atoms with E-state index in [1.165, 1.54) is 0 Å². The number of nitrogens with zero attached hydrogens (tertiary/aromatic N) is 2. The van der Waals surface area contributed by atoms with Crippen molar-refractivity contribution in [1.82, 2.24) is 4.98 Å². The van der Waals surface area contributed by atoms with Gasteiger partial charge in [-0.1, -0.05) is 23.2 Å². The first-order chi connectivity index (χ1) is 10.7. The fourth-order valence-electron chi connectivity index (χ4n) is 2.52. The topological polar surface area (TPSA) is 37.4 Å². The van der Waals surface area contributed by atoms with E-state index in [1.807, 2.05) is 37.4 Å². The predicted molar refractivity (Wildman–Crippen MR) is 91.5 cm³/mol. The molecule has 1 saturated heterocycles. The largest absolute Gasteiger partial charge is 0.487 e. The van der Waals surface area contributed by atoms with Crippen molar-refractivity contribution in [1.29, 1.82) is 0 Å². The van der Waals surface area contributed by atoms with E-state index in [0.717, 1.165) is 36.8 Å². The van der Waals surface area contributed by atoms with E-state index in [4.69, 9.17) is 27.9 Å². The Hall–Kier alpha value is -1.65. The van der Waals surface area contributed by atoms with Gasteiger partial charge in [0.1, 0.15) is 17.7 Å². The zero-order chi connectivity index (χ0) is 15.5. The molecule has 3 rings (SSSR count). The molecule has 0 spiro atoms. The fraction of sp³-hybridized carbons (Fsp3) is 0.312. The van der Waals surface area contributed by atoms with Gasteiger partial charge in [-0.05, 0) is 30.3 Å². The second kappa shape index (κ2) is 6.63. The van der Waals surface area contributed by atoms with Crippen LogP contribution in [0, 0.1) is 0 Å². The van der Waals surface area contributed by atoms with Crippen LogP contribution in [0.15, 0.2) is 36.5 Å². The number of ether oxygens (including phenoxy) is 1. The van der Waals surface area contributed by atoms with Crippen molar-refractivity contribution in [2.24, 2.45) is 0 Å². The summed E-state index contributed by atoms with van der Waals surface area (Å²) in [7, 11) is 1.86. The minimum Gasteiger partial charge on any atom is -0.487 e. The van der Waals surface area contributed by atoms with Crippen LogP contribution in [0.25, 0.3) is 0 Å². The molecule has 0 aliphatic carbocycles. The maximum atomic E-state index is 6.25. The van der Waals surface area contributed by atoms with Crippen LogP contribution in [0.4, 0.5) is 11.5 Å². The second-order valence-electron chi connectivity index (χ2n) is 5.20. The summed E-state index contributed by atoms with van der Waals surface area (Å²) in [5.41, 5.74) is 0.968. The summed E-state index contributed by atoms with van der Waals surface area (Å²) in [4.78, 5) is 6.54. The minimum atomic E-state index is 0.107. The molecule has 0 amide bonds. The molecular formula is C16H17Cl2N3O. The Morgan fingerprint density at radius 2 is 2.14 bits per heavy atom. The fourth-order valence-corrected chi connectivity index (χ4v) is 2.86. The Morgan fingerprint density at radius 3 is 2.82 bits per heavy atom. The molecule has 1 N–H and O–H groups in total. The number of nitrogens with one attached hydrogen (secondary N) is 1. The van der Waals surface area contributed by atoms with Crippen LogP contribution in [0.2, 0.25) is 10.0 Å². The van der Waals surface area contributed by atoms with Crippen molar-refractivity contribution >= 4 is 34.7 Å². The Labute approximate surface area is 140 Å². The smallest absolute Gasteiger partial charge is 0.138 e. The third-order valence-corrected chi connectivity index (χ3v) is 4.21. The van der Waals surface area contributed by atoms with E-state index in [-0.39, 0.29) is 6.10 Å². The van der Waals surface area contributed by atoms with Crippen LogP contribution < -0.4 is 15.0 Å². The number of aromatic nitrogens is 1. The Kier molecular flexibility index (Phi) is 4.60. The summed E-state index contributed by atoms with van der Waals surface area (Å²) >= 11 is 12.1. The van der Waals surface area contributed by atoms with E-state index in [1.54, 1.807) is 6.20 Å². The van der Waals surface area contributed by atoms with Gasteiger partial charge in [-0.3, -0.25) is 0 Å². The molecule has 6 heteroatoms. The predicted octanol–water partition coefficient (Wildman–Crippen LogP) is 4.09. The standard InChI is InChI=1S/C16H17Cl2N3O/c1-19-12-3-4-15(14(18)8-12)22-13-6-7-21(10-13)16-5-2-11(17)9-20-16/h2-5,8-9,13,19H,6-7,10H2,1H3. The van der Waals surface area contributed by atoms with Crippen molar-refractivity contribution in [3.05, 3.63) is 46.6 Å². The van der Waals surface area contributed by atoms with Gasteiger partial charge in [-0.15, -0.1) is 0 Å². The highest BCUT2D eigenvalue weighted by molar-refractivity contribution is 6.32. The number of anilines is 2. The van der Waals surface area contributed by atoms with Crippen LogP contribution in [0.5, 0.6) is 5.75 Å². The SMILES string of the molecule is CNc1ccc(OC2CCN(c3ccc(Cl)cn3)C2)c(Cl)c1. The van der Waals surface area contributed by atoms with Crippen molar-refractivity contribution in [3.8, 4) is 5.75 Å². The Morgan fingerprint density at radius 1 is 1.27 bits per heavy atom. The summed E-state index contributed by atoms with van der Waals surface area (Å²) in [6.07, 6.45) is 2.71. The molecule has 0 bridgehead atoms. The quantitative estimate of drug-likeness (QED) is 0.911. The van der Waals surface area contributed by atoms with E-state index >= 15 is 0 Å². The molecule has 1 fully saturated rings. The monoisotopic (exact) mass is 337 g/mol. The van der Waals surface area contributed by atoms with E-state index in [0.29, 0.717) is 10.0 Å². The highest BCUT2D eigenvalue weighted by atomic mass is 35.5. The lowest BCUT2D eigenvalue weighted by atomic mass is 10.3. The van der Waals surface area contributed by atoms with Crippen LogP contribution in [0.1, 0.15) is 6.42 Å². The van der Waals surface area contributed by atoms with Crippen LogP contribution in [0.3, 0.4) is 0 Å². The summed E-state index contributed by atoms with van der Waals surface area (Å²) in [5.74, 6) is 1.64. The number of halogens is 2. The zero-order valence-corrected chi connectivity index (χ0v) is 13.7. The Balaban J connectivity index is 1.64. The number of hydrogen-bond acceptors (Lipinski definition) is 4. The Bertz CT molecular complexity index is 648. The number of pyridine rings is 1. The molecule has 1 unspecified atom stereocenters. The molecule has 2 heterocycles. The molecule has 1 aliphatic rings. The average molecular weight is 338 g/mol. The van der Waals surface area contributed by atoms with Gasteiger partial charge in [0.15, 0.2) is 0 Å². The number of rotatable bonds is 4. The van der Waals surface area contributed by atoms with E-state index in [2.05, 4.69) is 15.2 Å². The number of hydrogen-bond donors (Lipinski definition) is 1. The molecule has 22 heavy (non-hydrogen) atoms. The van der Waals surface area contributed by atoms with Gasteiger partial charge in [-0.25, -0.2) is 4.98 Å². The van der Waals surface area contributed by atoms with Crippen molar-refractivity contribution in [2.45, 2.75) is 12.5 Å². The van der Waals surface area contributed by atoms with Gasteiger partial charge in [0.05, 0.1) is 16.6 Å². The molecule has 4 nitrogen and oxygen atoms in total. The minimum absolute atomic E-state index is 0.107. The van der Waals surface area contributed by atoms with Gasteiger partial charge in [0, 0.05) is 31.9 Å². The molecule has 0 radical (unpaired) electrons. The van der Waals surface area contributed by atoms with Gasteiger partial charge in [0.25, 0.3) is 0 Å². The van der Waals surface area contributed by atoms with Crippen molar-refractivity contribution < 1.29 is 4.74 Å². The first-order valence-electron chi connectivity index (χ1n) is 7.16. The molecule has 0 saturated carbocycles. The highest BCUT2D eigenvalue weighted by Crippen LogP contribution is 2.30. The lowest BCUT2D eigenvalue weighted by Gasteiger charge is -2.18. The summed E-state index contributed by atoms with van der Waals surface area (Å²) in [6.45, 7) is 1.70. The third kappa shape index (κ3) is 3.39. The van der Waals surface area contributed by atoms with Crippen LogP contribution >= 0.6 is 23.2 Å². The van der Waals surface area contributed by atoms with Gasteiger partial charge >= 0.3 is 0 Å². The molecule has 1 aromatic heterocycles. The normalized spacial score (nSPS) is 17.6.